The average Bonchev–Trinajstić information content (AvgIpc) is 2.28. The zero-order valence-electron chi connectivity index (χ0n) is 8.72. The molecule has 0 saturated carbocycles. The van der Waals surface area contributed by atoms with Crippen LogP contribution in [0.25, 0.3) is 6.08 Å². The Hall–Kier alpha value is -2.10. The number of carbonyl (C=O) groups excluding carboxylic acids is 1. The van der Waals surface area contributed by atoms with Crippen molar-refractivity contribution in [2.75, 3.05) is 0 Å². The fourth-order valence-corrected chi connectivity index (χ4v) is 1.09. The van der Waals surface area contributed by atoms with Crippen molar-refractivity contribution >= 4 is 18.0 Å². The van der Waals surface area contributed by atoms with Crippen molar-refractivity contribution in [2.24, 2.45) is 0 Å². The average molecular weight is 219 g/mol. The molecule has 16 heavy (non-hydrogen) atoms. The normalized spacial score (nSPS) is 10.2. The van der Waals surface area contributed by atoms with Gasteiger partial charge in [0.1, 0.15) is 0 Å². The van der Waals surface area contributed by atoms with E-state index in [1.807, 2.05) is 30.3 Å². The highest BCUT2D eigenvalue weighted by Crippen LogP contribution is 1.99. The van der Waals surface area contributed by atoms with Crippen molar-refractivity contribution in [3.8, 4) is 0 Å². The molecule has 4 nitrogen and oxygen atoms in total. The van der Waals surface area contributed by atoms with Crippen LogP contribution in [0.5, 0.6) is 0 Å². The molecule has 0 heterocycles. The number of rotatable bonds is 5. The van der Waals surface area contributed by atoms with Gasteiger partial charge < -0.3 is 10.4 Å². The molecular weight excluding hydrogens is 206 g/mol. The van der Waals surface area contributed by atoms with Crippen LogP contribution in [-0.2, 0) is 9.59 Å². The Balaban J connectivity index is 2.32. The van der Waals surface area contributed by atoms with Gasteiger partial charge >= 0.3 is 5.97 Å². The molecule has 0 fully saturated rings. The first-order valence-corrected chi connectivity index (χ1v) is 4.91. The van der Waals surface area contributed by atoms with Crippen molar-refractivity contribution in [1.29, 1.82) is 0 Å². The first kappa shape index (κ1) is 12.0. The van der Waals surface area contributed by atoms with Crippen LogP contribution in [0.2, 0.25) is 0 Å². The summed E-state index contributed by atoms with van der Waals surface area (Å²) >= 11 is 0. The standard InChI is InChI=1S/C12H13NO3/c14-11(6-7-12(15)16)13-9-8-10-4-2-1-3-5-10/h1-5,8-9H,6-7H2,(H,13,14)(H,15,16). The second-order valence-corrected chi connectivity index (χ2v) is 3.21. The summed E-state index contributed by atoms with van der Waals surface area (Å²) in [5, 5.41) is 10.9. The SMILES string of the molecule is O=C(O)CCC(=O)NC=Cc1ccccc1. The molecule has 0 aliphatic heterocycles. The Morgan fingerprint density at radius 3 is 2.50 bits per heavy atom. The molecule has 0 bridgehead atoms. The van der Waals surface area contributed by atoms with Crippen molar-refractivity contribution in [2.45, 2.75) is 12.8 Å². The van der Waals surface area contributed by atoms with E-state index in [2.05, 4.69) is 5.32 Å². The predicted molar refractivity (Wildman–Crippen MR) is 60.5 cm³/mol. The minimum Gasteiger partial charge on any atom is -0.481 e. The van der Waals surface area contributed by atoms with Gasteiger partial charge in [-0.1, -0.05) is 30.3 Å². The maximum atomic E-state index is 11.1. The molecule has 84 valence electrons. The highest BCUT2D eigenvalue weighted by atomic mass is 16.4. The third-order valence-corrected chi connectivity index (χ3v) is 1.89. The van der Waals surface area contributed by atoms with Gasteiger partial charge in [0, 0.05) is 12.6 Å². The lowest BCUT2D eigenvalue weighted by Gasteiger charge is -1.97. The minimum atomic E-state index is -0.970. The first-order valence-electron chi connectivity index (χ1n) is 4.91. The molecule has 0 aliphatic rings. The summed E-state index contributed by atoms with van der Waals surface area (Å²) in [7, 11) is 0. The van der Waals surface area contributed by atoms with E-state index in [-0.39, 0.29) is 18.7 Å². The van der Waals surface area contributed by atoms with Crippen LogP contribution in [0, 0.1) is 0 Å². The van der Waals surface area contributed by atoms with Crippen molar-refractivity contribution in [1.82, 2.24) is 5.32 Å². The lowest BCUT2D eigenvalue weighted by atomic mass is 10.2. The highest BCUT2D eigenvalue weighted by molar-refractivity contribution is 5.81. The van der Waals surface area contributed by atoms with Gasteiger partial charge in [-0.05, 0) is 11.6 Å². The molecule has 1 aromatic carbocycles. The van der Waals surface area contributed by atoms with E-state index in [1.165, 1.54) is 6.20 Å². The second-order valence-electron chi connectivity index (χ2n) is 3.21. The Labute approximate surface area is 93.6 Å². The third kappa shape index (κ3) is 4.95. The molecule has 0 unspecified atom stereocenters. The number of aliphatic carboxylic acids is 1. The number of amides is 1. The van der Waals surface area contributed by atoms with Gasteiger partial charge in [-0.25, -0.2) is 0 Å². The number of carboxylic acid groups (broad SMARTS) is 1. The summed E-state index contributed by atoms with van der Waals surface area (Å²) in [6, 6.07) is 9.50. The number of benzene rings is 1. The Morgan fingerprint density at radius 1 is 1.19 bits per heavy atom. The van der Waals surface area contributed by atoms with Crippen LogP contribution >= 0.6 is 0 Å². The lowest BCUT2D eigenvalue weighted by molar-refractivity contribution is -0.138. The van der Waals surface area contributed by atoms with E-state index in [4.69, 9.17) is 5.11 Å². The monoisotopic (exact) mass is 219 g/mol. The summed E-state index contributed by atoms with van der Waals surface area (Å²) in [4.78, 5) is 21.3. The fourth-order valence-electron chi connectivity index (χ4n) is 1.09. The fraction of sp³-hybridized carbons (Fsp3) is 0.167. The van der Waals surface area contributed by atoms with Crippen LogP contribution in [-0.4, -0.2) is 17.0 Å². The lowest BCUT2D eigenvalue weighted by Crippen LogP contribution is -2.17. The number of hydrogen-bond acceptors (Lipinski definition) is 2. The molecule has 1 aromatic rings. The van der Waals surface area contributed by atoms with Gasteiger partial charge in [0.15, 0.2) is 0 Å². The van der Waals surface area contributed by atoms with Crippen LogP contribution in [0.3, 0.4) is 0 Å². The molecular formula is C12H13NO3. The van der Waals surface area contributed by atoms with Crippen LogP contribution < -0.4 is 5.32 Å². The van der Waals surface area contributed by atoms with E-state index in [9.17, 15) is 9.59 Å². The summed E-state index contributed by atoms with van der Waals surface area (Å²) in [5.74, 6) is -1.27. The van der Waals surface area contributed by atoms with Gasteiger partial charge in [0.05, 0.1) is 6.42 Å². The van der Waals surface area contributed by atoms with Gasteiger partial charge in [0.2, 0.25) is 5.91 Å². The van der Waals surface area contributed by atoms with E-state index in [0.29, 0.717) is 0 Å². The molecule has 1 rings (SSSR count). The Kier molecular flexibility index (Phi) is 4.79. The van der Waals surface area contributed by atoms with Crippen molar-refractivity contribution in [3.05, 3.63) is 42.1 Å². The molecule has 1 amide bonds. The number of carbonyl (C=O) groups is 2. The molecule has 0 atom stereocenters. The predicted octanol–water partition coefficient (Wildman–Crippen LogP) is 1.64. The first-order chi connectivity index (χ1) is 7.68. The van der Waals surface area contributed by atoms with E-state index < -0.39 is 5.97 Å². The molecule has 0 aromatic heterocycles. The van der Waals surface area contributed by atoms with Gasteiger partial charge in [-0.15, -0.1) is 0 Å². The zero-order chi connectivity index (χ0) is 11.8. The molecule has 0 spiro atoms. The summed E-state index contributed by atoms with van der Waals surface area (Å²) in [6.07, 6.45) is 3.11. The smallest absolute Gasteiger partial charge is 0.303 e. The Bertz CT molecular complexity index is 385. The molecule has 0 aliphatic carbocycles. The molecule has 4 heteroatoms. The summed E-state index contributed by atoms with van der Waals surface area (Å²) in [5.41, 5.74) is 0.973. The van der Waals surface area contributed by atoms with Crippen LogP contribution in [0.4, 0.5) is 0 Å². The number of hydrogen-bond donors (Lipinski definition) is 2. The summed E-state index contributed by atoms with van der Waals surface area (Å²) < 4.78 is 0. The van der Waals surface area contributed by atoms with Crippen LogP contribution in [0.1, 0.15) is 18.4 Å². The topological polar surface area (TPSA) is 66.4 Å². The maximum absolute atomic E-state index is 11.1. The van der Waals surface area contributed by atoms with Gasteiger partial charge in [-0.2, -0.15) is 0 Å². The molecule has 0 saturated heterocycles. The second kappa shape index (κ2) is 6.40. The summed E-state index contributed by atoms with van der Waals surface area (Å²) in [6.45, 7) is 0. The largest absolute Gasteiger partial charge is 0.481 e. The third-order valence-electron chi connectivity index (χ3n) is 1.89. The van der Waals surface area contributed by atoms with E-state index >= 15 is 0 Å². The number of carboxylic acids is 1. The zero-order valence-corrected chi connectivity index (χ0v) is 8.72. The van der Waals surface area contributed by atoms with Crippen molar-refractivity contribution < 1.29 is 14.7 Å². The van der Waals surface area contributed by atoms with Gasteiger partial charge in [0.25, 0.3) is 0 Å². The maximum Gasteiger partial charge on any atom is 0.303 e. The minimum absolute atomic E-state index is 0.00549. The van der Waals surface area contributed by atoms with Gasteiger partial charge in [-0.3, -0.25) is 9.59 Å². The Morgan fingerprint density at radius 2 is 1.88 bits per heavy atom. The van der Waals surface area contributed by atoms with Crippen LogP contribution in [0.15, 0.2) is 36.5 Å². The molecule has 0 radical (unpaired) electrons. The van der Waals surface area contributed by atoms with E-state index in [1.54, 1.807) is 6.08 Å². The molecule has 2 N–H and O–H groups in total. The van der Waals surface area contributed by atoms with E-state index in [0.717, 1.165) is 5.56 Å². The highest BCUT2D eigenvalue weighted by Gasteiger charge is 2.02. The van der Waals surface area contributed by atoms with Crippen molar-refractivity contribution in [3.63, 3.8) is 0 Å². The quantitative estimate of drug-likeness (QED) is 0.791. The number of nitrogens with one attached hydrogen (secondary N) is 1.